The second-order valence-electron chi connectivity index (χ2n) is 3.48. The van der Waals surface area contributed by atoms with E-state index in [2.05, 4.69) is 26.2 Å². The maximum atomic E-state index is 12.9. The number of halogens is 2. The zero-order chi connectivity index (χ0) is 11.4. The number of hydrogen-bond donors (Lipinski definition) is 0. The summed E-state index contributed by atoms with van der Waals surface area (Å²) in [5.41, 5.74) is 1.82. The van der Waals surface area contributed by atoms with Gasteiger partial charge in [0.2, 0.25) is 0 Å². The second-order valence-corrected chi connectivity index (χ2v) is 4.27. The lowest BCUT2D eigenvalue weighted by molar-refractivity contribution is 0.614. The quantitative estimate of drug-likeness (QED) is 0.807. The first-order chi connectivity index (χ1) is 7.78. The predicted molar refractivity (Wildman–Crippen MR) is 63.0 cm³/mol. The molecule has 0 atom stereocenters. The molecule has 1 heterocycles. The topological polar surface area (TPSA) is 30.7 Å². The second kappa shape index (κ2) is 5.21. The Hall–Kier alpha value is -1.23. The Bertz CT molecular complexity index is 470. The number of hydrogen-bond acceptors (Lipinski definition) is 2. The minimum absolute atomic E-state index is 0.224. The highest BCUT2D eigenvalue weighted by molar-refractivity contribution is 9.09. The van der Waals surface area contributed by atoms with E-state index in [0.29, 0.717) is 6.54 Å². The number of benzene rings is 1. The molecular weight excluding hydrogens is 273 g/mol. The first-order valence-corrected chi connectivity index (χ1v) is 6.09. The molecule has 5 heteroatoms. The number of alkyl halides is 1. The highest BCUT2D eigenvalue weighted by atomic mass is 79.9. The van der Waals surface area contributed by atoms with Crippen molar-refractivity contribution in [2.75, 3.05) is 5.33 Å². The Kier molecular flexibility index (Phi) is 3.66. The maximum absolute atomic E-state index is 12.9. The molecule has 0 bridgehead atoms. The molecule has 84 valence electrons. The standard InChI is InChI=1S/C11H11BrFN3/c12-5-4-11-8-16(15-14-11)7-9-2-1-3-10(13)6-9/h1-3,6,8H,4-5,7H2. The zero-order valence-corrected chi connectivity index (χ0v) is 10.2. The Morgan fingerprint density at radius 3 is 3.00 bits per heavy atom. The van der Waals surface area contributed by atoms with Crippen molar-refractivity contribution in [3.8, 4) is 0 Å². The van der Waals surface area contributed by atoms with E-state index in [0.717, 1.165) is 23.0 Å². The fourth-order valence-electron chi connectivity index (χ4n) is 1.45. The van der Waals surface area contributed by atoms with Gasteiger partial charge in [0.05, 0.1) is 12.2 Å². The van der Waals surface area contributed by atoms with E-state index in [1.807, 2.05) is 12.3 Å². The van der Waals surface area contributed by atoms with E-state index in [9.17, 15) is 4.39 Å². The van der Waals surface area contributed by atoms with Crippen LogP contribution in [0.2, 0.25) is 0 Å². The molecule has 16 heavy (non-hydrogen) atoms. The third kappa shape index (κ3) is 2.88. The van der Waals surface area contributed by atoms with Crippen LogP contribution in [0, 0.1) is 5.82 Å². The van der Waals surface area contributed by atoms with Crippen LogP contribution in [0.1, 0.15) is 11.3 Å². The molecule has 2 aromatic rings. The van der Waals surface area contributed by atoms with Gasteiger partial charge in [0.1, 0.15) is 5.82 Å². The molecule has 0 N–H and O–H groups in total. The summed E-state index contributed by atoms with van der Waals surface area (Å²) >= 11 is 3.35. The summed E-state index contributed by atoms with van der Waals surface area (Å²) in [6.07, 6.45) is 2.73. The molecule has 1 aromatic carbocycles. The van der Waals surface area contributed by atoms with Crippen molar-refractivity contribution in [2.24, 2.45) is 0 Å². The normalized spacial score (nSPS) is 10.6. The summed E-state index contributed by atoms with van der Waals surface area (Å²) < 4.78 is 14.7. The lowest BCUT2D eigenvalue weighted by Crippen LogP contribution is -2.00. The van der Waals surface area contributed by atoms with Crippen LogP contribution in [0.4, 0.5) is 4.39 Å². The van der Waals surface area contributed by atoms with Gasteiger partial charge in [0.15, 0.2) is 0 Å². The van der Waals surface area contributed by atoms with Gasteiger partial charge in [-0.25, -0.2) is 9.07 Å². The van der Waals surface area contributed by atoms with Crippen LogP contribution in [-0.4, -0.2) is 20.3 Å². The molecule has 0 fully saturated rings. The van der Waals surface area contributed by atoms with E-state index in [1.165, 1.54) is 12.1 Å². The van der Waals surface area contributed by atoms with Crippen LogP contribution in [0.15, 0.2) is 30.5 Å². The van der Waals surface area contributed by atoms with Crippen LogP contribution < -0.4 is 0 Å². The first-order valence-electron chi connectivity index (χ1n) is 4.97. The van der Waals surface area contributed by atoms with E-state index >= 15 is 0 Å². The van der Waals surface area contributed by atoms with Crippen molar-refractivity contribution in [1.29, 1.82) is 0 Å². The largest absolute Gasteiger partial charge is 0.248 e. The molecule has 0 amide bonds. The third-order valence-electron chi connectivity index (χ3n) is 2.17. The minimum atomic E-state index is -0.224. The smallest absolute Gasteiger partial charge is 0.123 e. The maximum Gasteiger partial charge on any atom is 0.123 e. The fourth-order valence-corrected chi connectivity index (χ4v) is 1.86. The molecule has 0 saturated carbocycles. The third-order valence-corrected chi connectivity index (χ3v) is 2.57. The van der Waals surface area contributed by atoms with Crippen molar-refractivity contribution in [3.05, 3.63) is 47.5 Å². The average Bonchev–Trinajstić information content (AvgIpc) is 2.66. The SMILES string of the molecule is Fc1cccc(Cn2cc(CCBr)nn2)c1. The number of aromatic nitrogens is 3. The number of nitrogens with zero attached hydrogens (tertiary/aromatic N) is 3. The van der Waals surface area contributed by atoms with Crippen molar-refractivity contribution < 1.29 is 4.39 Å². The van der Waals surface area contributed by atoms with Gasteiger partial charge in [-0.15, -0.1) is 5.10 Å². The van der Waals surface area contributed by atoms with Crippen LogP contribution in [0.5, 0.6) is 0 Å². The van der Waals surface area contributed by atoms with Crippen molar-refractivity contribution in [1.82, 2.24) is 15.0 Å². The van der Waals surface area contributed by atoms with Crippen LogP contribution in [-0.2, 0) is 13.0 Å². The molecule has 0 saturated heterocycles. The lowest BCUT2D eigenvalue weighted by atomic mass is 10.2. The summed E-state index contributed by atoms with van der Waals surface area (Å²) in [5.74, 6) is -0.224. The van der Waals surface area contributed by atoms with Crippen molar-refractivity contribution in [2.45, 2.75) is 13.0 Å². The van der Waals surface area contributed by atoms with Gasteiger partial charge < -0.3 is 0 Å². The van der Waals surface area contributed by atoms with E-state index in [-0.39, 0.29) is 5.82 Å². The highest BCUT2D eigenvalue weighted by Crippen LogP contribution is 2.06. The van der Waals surface area contributed by atoms with Gasteiger partial charge in [-0.1, -0.05) is 33.3 Å². The van der Waals surface area contributed by atoms with Crippen molar-refractivity contribution in [3.63, 3.8) is 0 Å². The molecule has 3 nitrogen and oxygen atoms in total. The van der Waals surface area contributed by atoms with E-state index in [4.69, 9.17) is 0 Å². The van der Waals surface area contributed by atoms with E-state index in [1.54, 1.807) is 10.7 Å². The van der Waals surface area contributed by atoms with Gasteiger partial charge in [-0.2, -0.15) is 0 Å². The average molecular weight is 284 g/mol. The summed E-state index contributed by atoms with van der Waals surface area (Å²) in [4.78, 5) is 0. The Labute approximate surface area is 101 Å². The summed E-state index contributed by atoms with van der Waals surface area (Å²) in [6.45, 7) is 0.549. The summed E-state index contributed by atoms with van der Waals surface area (Å²) in [7, 11) is 0. The number of rotatable bonds is 4. The Morgan fingerprint density at radius 2 is 2.25 bits per heavy atom. The van der Waals surface area contributed by atoms with Crippen LogP contribution in [0.3, 0.4) is 0 Å². The van der Waals surface area contributed by atoms with Gasteiger partial charge in [0, 0.05) is 17.9 Å². The lowest BCUT2D eigenvalue weighted by Gasteiger charge is -2.00. The molecule has 0 radical (unpaired) electrons. The number of aryl methyl sites for hydroxylation is 1. The van der Waals surface area contributed by atoms with E-state index < -0.39 is 0 Å². The van der Waals surface area contributed by atoms with Crippen LogP contribution in [0.25, 0.3) is 0 Å². The molecule has 0 unspecified atom stereocenters. The highest BCUT2D eigenvalue weighted by Gasteiger charge is 2.01. The Morgan fingerprint density at radius 1 is 1.38 bits per heavy atom. The molecule has 0 aliphatic carbocycles. The fraction of sp³-hybridized carbons (Fsp3) is 0.273. The zero-order valence-electron chi connectivity index (χ0n) is 8.61. The molecule has 2 rings (SSSR count). The molecule has 0 aliphatic heterocycles. The minimum Gasteiger partial charge on any atom is -0.248 e. The molecular formula is C11H11BrFN3. The molecule has 0 aliphatic rings. The van der Waals surface area contributed by atoms with Gasteiger partial charge >= 0.3 is 0 Å². The summed E-state index contributed by atoms with van der Waals surface area (Å²) in [5, 5.41) is 8.86. The van der Waals surface area contributed by atoms with Gasteiger partial charge in [0.25, 0.3) is 0 Å². The predicted octanol–water partition coefficient (Wildman–Crippen LogP) is 2.40. The molecule has 0 spiro atoms. The van der Waals surface area contributed by atoms with Crippen molar-refractivity contribution >= 4 is 15.9 Å². The van der Waals surface area contributed by atoms with Crippen LogP contribution >= 0.6 is 15.9 Å². The van der Waals surface area contributed by atoms with Gasteiger partial charge in [-0.05, 0) is 17.7 Å². The Balaban J connectivity index is 2.08. The monoisotopic (exact) mass is 283 g/mol. The van der Waals surface area contributed by atoms with Gasteiger partial charge in [-0.3, -0.25) is 0 Å². The first kappa shape index (κ1) is 11.3. The summed E-state index contributed by atoms with van der Waals surface area (Å²) in [6, 6.07) is 6.50. The molecule has 1 aromatic heterocycles.